The van der Waals surface area contributed by atoms with Crippen LogP contribution in [0.5, 0.6) is 0 Å². The third-order valence-corrected chi connectivity index (χ3v) is 2.50. The minimum Gasteiger partial charge on any atom is -0.394 e. The molecule has 0 aromatic carbocycles. The maximum absolute atomic E-state index is 11.4. The Hall–Kier alpha value is -1.55. The van der Waals surface area contributed by atoms with Gasteiger partial charge >= 0.3 is 5.69 Å². The molecule has 1 aromatic rings. The molecule has 1 aliphatic rings. The van der Waals surface area contributed by atoms with Crippen LogP contribution in [-0.2, 0) is 4.74 Å². The molecule has 94 valence electrons. The van der Waals surface area contributed by atoms with Crippen LogP contribution in [0.15, 0.2) is 15.8 Å². The van der Waals surface area contributed by atoms with Crippen LogP contribution < -0.4 is 11.2 Å². The standard InChI is InChI=1S/C8H11N3O6/c12-2-3-5(14)6(15)7(17-3)11-8(16)10-4(13)1-9-11/h1,3,5-7,12,14-15H,2H2,(H,10,13,16)/t3-,5-,6-,7+/m1/s1. The zero-order valence-electron chi connectivity index (χ0n) is 8.55. The van der Waals surface area contributed by atoms with Gasteiger partial charge in [-0.25, -0.2) is 4.79 Å². The van der Waals surface area contributed by atoms with Gasteiger partial charge in [0.15, 0.2) is 6.23 Å². The van der Waals surface area contributed by atoms with E-state index in [0.717, 1.165) is 6.20 Å². The molecule has 17 heavy (non-hydrogen) atoms. The molecule has 0 aliphatic carbocycles. The first-order chi connectivity index (χ1) is 8.04. The number of aromatic nitrogens is 3. The Morgan fingerprint density at radius 1 is 1.41 bits per heavy atom. The lowest BCUT2D eigenvalue weighted by Gasteiger charge is -2.14. The number of ether oxygens (including phenoxy) is 1. The number of nitrogens with one attached hydrogen (secondary N) is 1. The van der Waals surface area contributed by atoms with Crippen LogP contribution in [0.4, 0.5) is 0 Å². The Balaban J connectivity index is 2.35. The molecule has 0 spiro atoms. The van der Waals surface area contributed by atoms with Crippen molar-refractivity contribution < 1.29 is 20.1 Å². The van der Waals surface area contributed by atoms with Gasteiger partial charge in [0, 0.05) is 0 Å². The average molecular weight is 245 g/mol. The second-order valence-electron chi connectivity index (χ2n) is 3.61. The largest absolute Gasteiger partial charge is 0.394 e. The molecular formula is C8H11N3O6. The fourth-order valence-corrected chi connectivity index (χ4v) is 1.63. The number of hydrogen-bond donors (Lipinski definition) is 4. The van der Waals surface area contributed by atoms with E-state index in [0.29, 0.717) is 4.68 Å². The van der Waals surface area contributed by atoms with Gasteiger partial charge in [-0.2, -0.15) is 9.78 Å². The predicted octanol–water partition coefficient (Wildman–Crippen LogP) is -3.46. The molecule has 1 saturated heterocycles. The van der Waals surface area contributed by atoms with Crippen molar-refractivity contribution in [3.63, 3.8) is 0 Å². The minimum atomic E-state index is -1.41. The summed E-state index contributed by atoms with van der Waals surface area (Å²) >= 11 is 0. The van der Waals surface area contributed by atoms with Crippen LogP contribution in [0.1, 0.15) is 6.23 Å². The Morgan fingerprint density at radius 2 is 2.12 bits per heavy atom. The molecule has 4 atom stereocenters. The van der Waals surface area contributed by atoms with Gasteiger partial charge in [-0.15, -0.1) is 0 Å². The first-order valence-electron chi connectivity index (χ1n) is 4.85. The number of hydrogen-bond acceptors (Lipinski definition) is 7. The number of aromatic amines is 1. The number of aliphatic hydroxyl groups is 3. The van der Waals surface area contributed by atoms with Crippen molar-refractivity contribution in [1.29, 1.82) is 0 Å². The van der Waals surface area contributed by atoms with Crippen molar-refractivity contribution in [3.05, 3.63) is 27.0 Å². The second kappa shape index (κ2) is 4.37. The highest BCUT2D eigenvalue weighted by atomic mass is 16.6. The molecule has 9 heteroatoms. The van der Waals surface area contributed by atoms with Crippen molar-refractivity contribution in [2.45, 2.75) is 24.5 Å². The molecule has 0 amide bonds. The fourth-order valence-electron chi connectivity index (χ4n) is 1.63. The van der Waals surface area contributed by atoms with Gasteiger partial charge in [0.25, 0.3) is 5.56 Å². The van der Waals surface area contributed by atoms with E-state index in [9.17, 15) is 19.8 Å². The monoisotopic (exact) mass is 245 g/mol. The highest BCUT2D eigenvalue weighted by Crippen LogP contribution is 2.27. The molecule has 9 nitrogen and oxygen atoms in total. The highest BCUT2D eigenvalue weighted by molar-refractivity contribution is 4.88. The molecule has 0 bridgehead atoms. The van der Waals surface area contributed by atoms with Gasteiger partial charge in [0.2, 0.25) is 0 Å². The summed E-state index contributed by atoms with van der Waals surface area (Å²) in [7, 11) is 0. The maximum atomic E-state index is 11.4. The summed E-state index contributed by atoms with van der Waals surface area (Å²) in [5, 5.41) is 31.5. The molecule has 0 unspecified atom stereocenters. The Kier molecular flexibility index (Phi) is 3.07. The first kappa shape index (κ1) is 11.9. The van der Waals surface area contributed by atoms with E-state index in [-0.39, 0.29) is 0 Å². The zero-order valence-corrected chi connectivity index (χ0v) is 8.55. The third kappa shape index (κ3) is 2.00. The van der Waals surface area contributed by atoms with Crippen LogP contribution in [0.2, 0.25) is 0 Å². The van der Waals surface area contributed by atoms with E-state index in [1.54, 1.807) is 0 Å². The topological polar surface area (TPSA) is 138 Å². The molecule has 2 heterocycles. The van der Waals surface area contributed by atoms with E-state index in [4.69, 9.17) is 9.84 Å². The van der Waals surface area contributed by atoms with Crippen molar-refractivity contribution in [1.82, 2.24) is 14.8 Å². The lowest BCUT2D eigenvalue weighted by atomic mass is 10.1. The van der Waals surface area contributed by atoms with E-state index >= 15 is 0 Å². The number of H-pyrrole nitrogens is 1. The Bertz CT molecular complexity index is 510. The Labute approximate surface area is 93.9 Å². The van der Waals surface area contributed by atoms with Gasteiger partial charge < -0.3 is 20.1 Å². The summed E-state index contributed by atoms with van der Waals surface area (Å²) in [5.41, 5.74) is -1.55. The van der Waals surface area contributed by atoms with Crippen LogP contribution in [0.25, 0.3) is 0 Å². The fraction of sp³-hybridized carbons (Fsp3) is 0.625. The summed E-state index contributed by atoms with van der Waals surface area (Å²) < 4.78 is 5.77. The predicted molar refractivity (Wildman–Crippen MR) is 52.1 cm³/mol. The van der Waals surface area contributed by atoms with Crippen molar-refractivity contribution in [2.24, 2.45) is 0 Å². The summed E-state index contributed by atoms with van der Waals surface area (Å²) in [6, 6.07) is 0. The molecule has 2 rings (SSSR count). The van der Waals surface area contributed by atoms with E-state index < -0.39 is 42.4 Å². The minimum absolute atomic E-state index is 0.507. The molecule has 1 aromatic heterocycles. The highest BCUT2D eigenvalue weighted by Gasteiger charge is 2.44. The van der Waals surface area contributed by atoms with Gasteiger partial charge in [-0.3, -0.25) is 9.78 Å². The first-order valence-corrected chi connectivity index (χ1v) is 4.85. The number of aliphatic hydroxyl groups excluding tert-OH is 3. The summed E-state index contributed by atoms with van der Waals surface area (Å²) in [5.74, 6) is 0. The SMILES string of the molecule is O=c1cnn([C@H]2O[C@H](CO)[C@@H](O)[C@H]2O)c(=O)[nH]1. The molecule has 0 radical (unpaired) electrons. The van der Waals surface area contributed by atoms with Crippen molar-refractivity contribution in [3.8, 4) is 0 Å². The molecular weight excluding hydrogens is 234 g/mol. The normalized spacial score (nSPS) is 32.9. The van der Waals surface area contributed by atoms with Crippen LogP contribution in [0, 0.1) is 0 Å². The third-order valence-electron chi connectivity index (χ3n) is 2.50. The van der Waals surface area contributed by atoms with Crippen molar-refractivity contribution in [2.75, 3.05) is 6.61 Å². The maximum Gasteiger partial charge on any atom is 0.347 e. The van der Waals surface area contributed by atoms with Gasteiger partial charge in [0.1, 0.15) is 24.5 Å². The lowest BCUT2D eigenvalue weighted by molar-refractivity contribution is -0.0618. The lowest BCUT2D eigenvalue weighted by Crippen LogP contribution is -2.39. The molecule has 1 aliphatic heterocycles. The Morgan fingerprint density at radius 3 is 2.65 bits per heavy atom. The zero-order chi connectivity index (χ0) is 12.6. The van der Waals surface area contributed by atoms with E-state index in [2.05, 4.69) is 5.10 Å². The number of rotatable bonds is 2. The van der Waals surface area contributed by atoms with Gasteiger partial charge in [-0.05, 0) is 0 Å². The van der Waals surface area contributed by atoms with Crippen LogP contribution in [-0.4, -0.2) is 55.0 Å². The van der Waals surface area contributed by atoms with E-state index in [1.165, 1.54) is 0 Å². The van der Waals surface area contributed by atoms with Crippen LogP contribution >= 0.6 is 0 Å². The second-order valence-corrected chi connectivity index (χ2v) is 3.61. The smallest absolute Gasteiger partial charge is 0.347 e. The average Bonchev–Trinajstić information content (AvgIpc) is 2.57. The molecule has 0 saturated carbocycles. The van der Waals surface area contributed by atoms with Crippen LogP contribution in [0.3, 0.4) is 0 Å². The molecule has 1 fully saturated rings. The van der Waals surface area contributed by atoms with E-state index in [1.807, 2.05) is 4.98 Å². The van der Waals surface area contributed by atoms with Gasteiger partial charge in [-0.1, -0.05) is 0 Å². The summed E-state index contributed by atoms with van der Waals surface area (Å²) in [6.45, 7) is -0.507. The quantitative estimate of drug-likeness (QED) is 0.425. The summed E-state index contributed by atoms with van der Waals surface area (Å²) in [6.07, 6.45) is -4.15. The van der Waals surface area contributed by atoms with Crippen molar-refractivity contribution >= 4 is 0 Å². The molecule has 4 N–H and O–H groups in total. The summed E-state index contributed by atoms with van der Waals surface area (Å²) in [4.78, 5) is 24.1. The van der Waals surface area contributed by atoms with Gasteiger partial charge in [0.05, 0.1) is 6.61 Å². The number of nitrogens with zero attached hydrogens (tertiary/aromatic N) is 2.